The van der Waals surface area contributed by atoms with Gasteiger partial charge in [0.15, 0.2) is 0 Å². The Kier molecular flexibility index (Phi) is 6.50. The van der Waals surface area contributed by atoms with Crippen LogP contribution in [0.15, 0.2) is 55.0 Å². The van der Waals surface area contributed by atoms with Crippen LogP contribution in [0.1, 0.15) is 22.9 Å². The summed E-state index contributed by atoms with van der Waals surface area (Å²) in [6, 6.07) is 12.2. The predicted molar refractivity (Wildman–Crippen MR) is 111 cm³/mol. The van der Waals surface area contributed by atoms with Crippen molar-refractivity contribution >= 4 is 24.0 Å². The Bertz CT molecular complexity index is 864. The highest BCUT2D eigenvalue weighted by molar-refractivity contribution is 6.30. The van der Waals surface area contributed by atoms with E-state index in [4.69, 9.17) is 16.7 Å². The minimum Gasteiger partial charge on any atom is -0.314 e. The zero-order valence-corrected chi connectivity index (χ0v) is 16.7. The molecule has 5 nitrogen and oxygen atoms in total. The van der Waals surface area contributed by atoms with E-state index in [-0.39, 0.29) is 12.4 Å². The number of aromatic nitrogens is 3. The Morgan fingerprint density at radius 3 is 2.78 bits per heavy atom. The lowest BCUT2D eigenvalue weighted by Crippen LogP contribution is -2.45. The molecule has 3 aromatic rings. The van der Waals surface area contributed by atoms with E-state index < -0.39 is 0 Å². The van der Waals surface area contributed by atoms with Crippen molar-refractivity contribution in [2.24, 2.45) is 0 Å². The van der Waals surface area contributed by atoms with E-state index in [2.05, 4.69) is 34.4 Å². The van der Waals surface area contributed by atoms with Gasteiger partial charge in [0.25, 0.3) is 0 Å². The molecule has 1 aliphatic rings. The minimum absolute atomic E-state index is 0. The number of nitrogens with zero attached hydrogens (tertiary/aromatic N) is 4. The number of benzene rings is 1. The fourth-order valence-corrected chi connectivity index (χ4v) is 3.56. The molecule has 2 aromatic heterocycles. The molecule has 0 saturated carbocycles. The van der Waals surface area contributed by atoms with Gasteiger partial charge in [-0.25, -0.2) is 4.68 Å². The number of halogens is 2. The number of aryl methyl sites for hydroxylation is 1. The van der Waals surface area contributed by atoms with E-state index in [1.54, 1.807) is 0 Å². The highest BCUT2D eigenvalue weighted by atomic mass is 35.5. The molecule has 1 aromatic carbocycles. The second-order valence-electron chi connectivity index (χ2n) is 6.64. The van der Waals surface area contributed by atoms with Crippen molar-refractivity contribution in [1.29, 1.82) is 0 Å². The molecule has 0 aliphatic carbocycles. The van der Waals surface area contributed by atoms with Crippen molar-refractivity contribution in [3.8, 4) is 5.69 Å². The van der Waals surface area contributed by atoms with Crippen LogP contribution in [0.5, 0.6) is 0 Å². The SMILES string of the molecule is Cc1nn(-c2ccc(Cl)cc2)cc1CN1CCNCC1c1cccnc1.Cl. The van der Waals surface area contributed by atoms with E-state index in [0.717, 1.165) is 42.6 Å². The number of hydrogen-bond acceptors (Lipinski definition) is 4. The lowest BCUT2D eigenvalue weighted by atomic mass is 10.0. The van der Waals surface area contributed by atoms with Gasteiger partial charge < -0.3 is 5.32 Å². The van der Waals surface area contributed by atoms with E-state index in [1.165, 1.54) is 11.1 Å². The fourth-order valence-electron chi connectivity index (χ4n) is 3.43. The summed E-state index contributed by atoms with van der Waals surface area (Å²) in [5.41, 5.74) is 4.58. The topological polar surface area (TPSA) is 46.0 Å². The van der Waals surface area contributed by atoms with Crippen LogP contribution in [0.2, 0.25) is 5.02 Å². The van der Waals surface area contributed by atoms with Gasteiger partial charge in [-0.2, -0.15) is 5.10 Å². The van der Waals surface area contributed by atoms with Crippen molar-refractivity contribution in [1.82, 2.24) is 25.0 Å². The van der Waals surface area contributed by atoms with Gasteiger partial charge in [0.05, 0.1) is 11.4 Å². The summed E-state index contributed by atoms with van der Waals surface area (Å²) in [5, 5.41) is 8.92. The molecule has 1 saturated heterocycles. The van der Waals surface area contributed by atoms with E-state index >= 15 is 0 Å². The largest absolute Gasteiger partial charge is 0.314 e. The van der Waals surface area contributed by atoms with Gasteiger partial charge in [0.2, 0.25) is 0 Å². The molecular weight excluding hydrogens is 381 g/mol. The number of hydrogen-bond donors (Lipinski definition) is 1. The number of nitrogens with one attached hydrogen (secondary N) is 1. The summed E-state index contributed by atoms with van der Waals surface area (Å²) in [6.07, 6.45) is 5.92. The first-order valence-corrected chi connectivity index (χ1v) is 9.24. The normalized spacial score (nSPS) is 17.5. The van der Waals surface area contributed by atoms with E-state index in [9.17, 15) is 0 Å². The average Bonchev–Trinajstić information content (AvgIpc) is 3.04. The highest BCUT2D eigenvalue weighted by Crippen LogP contribution is 2.25. The smallest absolute Gasteiger partial charge is 0.0646 e. The zero-order chi connectivity index (χ0) is 17.9. The Morgan fingerprint density at radius 1 is 1.22 bits per heavy atom. The van der Waals surface area contributed by atoms with Crippen LogP contribution in [0.3, 0.4) is 0 Å². The maximum absolute atomic E-state index is 5.99. The third-order valence-corrected chi connectivity index (χ3v) is 5.14. The maximum Gasteiger partial charge on any atom is 0.0646 e. The van der Waals surface area contributed by atoms with Crippen molar-refractivity contribution in [2.45, 2.75) is 19.5 Å². The van der Waals surface area contributed by atoms with Gasteiger partial charge in [-0.3, -0.25) is 9.88 Å². The van der Waals surface area contributed by atoms with Gasteiger partial charge in [0.1, 0.15) is 0 Å². The molecule has 7 heteroatoms. The summed E-state index contributed by atoms with van der Waals surface area (Å²) in [4.78, 5) is 6.79. The van der Waals surface area contributed by atoms with Crippen LogP contribution in [0.4, 0.5) is 0 Å². The van der Waals surface area contributed by atoms with Gasteiger partial charge in [-0.1, -0.05) is 17.7 Å². The maximum atomic E-state index is 5.99. The van der Waals surface area contributed by atoms with Gasteiger partial charge >= 0.3 is 0 Å². The summed E-state index contributed by atoms with van der Waals surface area (Å²) in [7, 11) is 0. The van der Waals surface area contributed by atoms with Crippen LogP contribution >= 0.6 is 24.0 Å². The number of pyridine rings is 1. The molecule has 1 aliphatic heterocycles. The molecule has 3 heterocycles. The molecule has 1 fully saturated rings. The first-order chi connectivity index (χ1) is 12.7. The second-order valence-corrected chi connectivity index (χ2v) is 7.07. The molecule has 142 valence electrons. The van der Waals surface area contributed by atoms with Crippen molar-refractivity contribution in [3.05, 3.63) is 76.8 Å². The molecule has 0 spiro atoms. The molecule has 1 unspecified atom stereocenters. The second kappa shape index (κ2) is 8.85. The first-order valence-electron chi connectivity index (χ1n) is 8.86. The van der Waals surface area contributed by atoms with Crippen LogP contribution in [0.25, 0.3) is 5.69 Å². The zero-order valence-electron chi connectivity index (χ0n) is 15.2. The molecule has 1 N–H and O–H groups in total. The highest BCUT2D eigenvalue weighted by Gasteiger charge is 2.25. The van der Waals surface area contributed by atoms with Gasteiger partial charge in [0, 0.05) is 61.4 Å². The Morgan fingerprint density at radius 2 is 2.04 bits per heavy atom. The van der Waals surface area contributed by atoms with Crippen LogP contribution in [-0.2, 0) is 6.54 Å². The Hall–Kier alpha value is -1.92. The number of rotatable bonds is 4. The third-order valence-electron chi connectivity index (χ3n) is 4.89. The molecule has 0 radical (unpaired) electrons. The molecular formula is C20H23Cl2N5. The first kappa shape index (κ1) is 19.8. The molecule has 1 atom stereocenters. The Balaban J connectivity index is 0.00000210. The van der Waals surface area contributed by atoms with Crippen molar-refractivity contribution in [3.63, 3.8) is 0 Å². The molecule has 27 heavy (non-hydrogen) atoms. The third kappa shape index (κ3) is 4.50. The Labute approximate surface area is 170 Å². The monoisotopic (exact) mass is 403 g/mol. The summed E-state index contributed by atoms with van der Waals surface area (Å²) in [6.45, 7) is 5.89. The van der Waals surface area contributed by atoms with Crippen molar-refractivity contribution in [2.75, 3.05) is 19.6 Å². The molecule has 0 bridgehead atoms. The average molecular weight is 404 g/mol. The summed E-state index contributed by atoms with van der Waals surface area (Å²) < 4.78 is 1.93. The van der Waals surface area contributed by atoms with E-state index in [1.807, 2.05) is 47.4 Å². The van der Waals surface area contributed by atoms with Crippen molar-refractivity contribution < 1.29 is 0 Å². The summed E-state index contributed by atoms with van der Waals surface area (Å²) >= 11 is 5.99. The van der Waals surface area contributed by atoms with Crippen LogP contribution in [0, 0.1) is 6.92 Å². The minimum atomic E-state index is 0. The predicted octanol–water partition coefficient (Wildman–Crippen LogP) is 3.80. The quantitative estimate of drug-likeness (QED) is 0.719. The summed E-state index contributed by atoms with van der Waals surface area (Å²) in [5.74, 6) is 0. The van der Waals surface area contributed by atoms with Gasteiger partial charge in [-0.05, 0) is 42.8 Å². The fraction of sp³-hybridized carbons (Fsp3) is 0.300. The standard InChI is InChI=1S/C20H22ClN5.ClH/c1-15-17(14-26(24-15)19-6-4-18(21)5-7-19)13-25-10-9-23-12-20(25)16-3-2-8-22-11-16;/h2-8,11,14,20,23H,9-10,12-13H2,1H3;1H. The molecule has 4 rings (SSSR count). The lowest BCUT2D eigenvalue weighted by Gasteiger charge is -2.36. The van der Waals surface area contributed by atoms with Gasteiger partial charge in [-0.15, -0.1) is 12.4 Å². The lowest BCUT2D eigenvalue weighted by molar-refractivity contribution is 0.153. The van der Waals surface area contributed by atoms with Crippen LogP contribution < -0.4 is 5.32 Å². The van der Waals surface area contributed by atoms with Crippen LogP contribution in [-0.4, -0.2) is 39.3 Å². The van der Waals surface area contributed by atoms with E-state index in [0.29, 0.717) is 6.04 Å². The number of piperazine rings is 1. The molecule has 0 amide bonds.